The van der Waals surface area contributed by atoms with Crippen LogP contribution in [0.2, 0.25) is 0 Å². The second-order valence-corrected chi connectivity index (χ2v) is 6.20. The molecule has 2 aromatic carbocycles. The van der Waals surface area contributed by atoms with Gasteiger partial charge in [0.05, 0.1) is 16.7 Å². The van der Waals surface area contributed by atoms with Crippen molar-refractivity contribution in [2.75, 3.05) is 7.05 Å². The van der Waals surface area contributed by atoms with Gasteiger partial charge in [0.1, 0.15) is 6.33 Å². The van der Waals surface area contributed by atoms with Crippen LogP contribution in [0.25, 0.3) is 5.69 Å². The Bertz CT molecular complexity index is 987. The number of hydrogen-bond donors (Lipinski definition) is 0. The maximum atomic E-state index is 12.9. The monoisotopic (exact) mass is 366 g/mol. The molecule has 9 heteroatoms. The molecule has 0 radical (unpaired) electrons. The van der Waals surface area contributed by atoms with Crippen molar-refractivity contribution < 1.29 is 9.72 Å². The summed E-state index contributed by atoms with van der Waals surface area (Å²) in [5.74, 6) is -0.180. The van der Waals surface area contributed by atoms with E-state index in [9.17, 15) is 14.9 Å². The number of nitro benzene ring substituents is 1. The minimum absolute atomic E-state index is 0.00170. The minimum atomic E-state index is -0.445. The Balaban J connectivity index is 1.83. The highest BCUT2D eigenvalue weighted by molar-refractivity contribution is 5.94. The van der Waals surface area contributed by atoms with E-state index in [-0.39, 0.29) is 17.6 Å². The first-order valence-electron chi connectivity index (χ1n) is 8.24. The molecule has 0 N–H and O–H groups in total. The Kier molecular flexibility index (Phi) is 4.93. The van der Waals surface area contributed by atoms with E-state index in [0.29, 0.717) is 11.1 Å². The number of rotatable bonds is 5. The molecule has 1 aromatic heterocycles. The summed E-state index contributed by atoms with van der Waals surface area (Å²) in [6.07, 6.45) is 1.49. The molecule has 1 unspecified atom stereocenters. The molecule has 0 fully saturated rings. The zero-order chi connectivity index (χ0) is 19.6. The first-order chi connectivity index (χ1) is 12.9. The standard InChI is InChI=1S/C18H18N6O3/c1-12-9-15(7-8-17(12)23-11-19-20-21-23)18(25)22(3)13(2)14-5-4-6-16(10-14)24(26)27/h4-11,13H,1-3H3. The minimum Gasteiger partial charge on any atom is -0.335 e. The van der Waals surface area contributed by atoms with Crippen LogP contribution >= 0.6 is 0 Å². The summed E-state index contributed by atoms with van der Waals surface area (Å²) in [5.41, 5.74) is 2.85. The second-order valence-electron chi connectivity index (χ2n) is 6.20. The quantitative estimate of drug-likeness (QED) is 0.507. The van der Waals surface area contributed by atoms with Crippen LogP contribution in [0.1, 0.15) is 34.5 Å². The number of nitro groups is 1. The highest BCUT2D eigenvalue weighted by atomic mass is 16.6. The molecule has 0 bridgehead atoms. The highest BCUT2D eigenvalue weighted by Crippen LogP contribution is 2.25. The molecule has 1 heterocycles. The Morgan fingerprint density at radius 3 is 2.67 bits per heavy atom. The number of amides is 1. The van der Waals surface area contributed by atoms with Gasteiger partial charge in [0.2, 0.25) is 0 Å². The van der Waals surface area contributed by atoms with Gasteiger partial charge in [-0.1, -0.05) is 12.1 Å². The topological polar surface area (TPSA) is 107 Å². The molecular formula is C18H18N6O3. The van der Waals surface area contributed by atoms with Gasteiger partial charge in [-0.25, -0.2) is 4.68 Å². The first kappa shape index (κ1) is 18.2. The maximum Gasteiger partial charge on any atom is 0.269 e. The van der Waals surface area contributed by atoms with Crippen molar-refractivity contribution in [1.29, 1.82) is 0 Å². The average Bonchev–Trinajstić information content (AvgIpc) is 3.20. The lowest BCUT2D eigenvalue weighted by atomic mass is 10.0. The van der Waals surface area contributed by atoms with Crippen LogP contribution < -0.4 is 0 Å². The van der Waals surface area contributed by atoms with Crippen molar-refractivity contribution in [3.8, 4) is 5.69 Å². The van der Waals surface area contributed by atoms with Crippen LogP contribution in [0.15, 0.2) is 48.8 Å². The van der Waals surface area contributed by atoms with Gasteiger partial charge < -0.3 is 4.90 Å². The summed E-state index contributed by atoms with van der Waals surface area (Å²) in [4.78, 5) is 25.0. The van der Waals surface area contributed by atoms with Gasteiger partial charge in [-0.2, -0.15) is 0 Å². The van der Waals surface area contributed by atoms with Gasteiger partial charge in [-0.15, -0.1) is 5.10 Å². The number of nitrogens with zero attached hydrogens (tertiary/aromatic N) is 6. The van der Waals surface area contributed by atoms with Crippen LogP contribution in [-0.4, -0.2) is 43.0 Å². The fourth-order valence-corrected chi connectivity index (χ4v) is 2.82. The zero-order valence-corrected chi connectivity index (χ0v) is 15.1. The van der Waals surface area contributed by atoms with Gasteiger partial charge in [-0.3, -0.25) is 14.9 Å². The molecule has 0 aliphatic carbocycles. The molecule has 0 aliphatic heterocycles. The van der Waals surface area contributed by atoms with Gasteiger partial charge in [0.15, 0.2) is 0 Å². The lowest BCUT2D eigenvalue weighted by Gasteiger charge is -2.25. The van der Waals surface area contributed by atoms with Crippen LogP contribution in [0.3, 0.4) is 0 Å². The van der Waals surface area contributed by atoms with Crippen molar-refractivity contribution >= 4 is 11.6 Å². The number of aryl methyl sites for hydroxylation is 1. The molecule has 1 amide bonds. The van der Waals surface area contributed by atoms with Gasteiger partial charge >= 0.3 is 0 Å². The predicted octanol–water partition coefficient (Wildman–Crippen LogP) is 2.71. The Morgan fingerprint density at radius 2 is 2.04 bits per heavy atom. The number of carbonyl (C=O) groups excluding carboxylic acids is 1. The fraction of sp³-hybridized carbons (Fsp3) is 0.222. The normalized spacial score (nSPS) is 11.8. The summed E-state index contributed by atoms with van der Waals surface area (Å²) >= 11 is 0. The Hall–Kier alpha value is -3.62. The molecule has 3 aromatic rings. The van der Waals surface area contributed by atoms with Crippen LogP contribution in [-0.2, 0) is 0 Å². The molecule has 27 heavy (non-hydrogen) atoms. The van der Waals surface area contributed by atoms with Crippen molar-refractivity contribution in [2.24, 2.45) is 0 Å². The third-order valence-corrected chi connectivity index (χ3v) is 4.50. The molecule has 9 nitrogen and oxygen atoms in total. The van der Waals surface area contributed by atoms with E-state index < -0.39 is 4.92 Å². The number of non-ortho nitro benzene ring substituents is 1. The van der Waals surface area contributed by atoms with E-state index in [4.69, 9.17) is 0 Å². The largest absolute Gasteiger partial charge is 0.335 e. The molecule has 1 atom stereocenters. The lowest BCUT2D eigenvalue weighted by Crippen LogP contribution is -2.29. The van der Waals surface area contributed by atoms with Crippen molar-refractivity contribution in [2.45, 2.75) is 19.9 Å². The molecule has 0 saturated heterocycles. The van der Waals surface area contributed by atoms with Gasteiger partial charge in [0.25, 0.3) is 11.6 Å². The molecule has 0 aliphatic rings. The molecule has 0 spiro atoms. The molecule has 138 valence electrons. The zero-order valence-electron chi connectivity index (χ0n) is 15.1. The van der Waals surface area contributed by atoms with Crippen LogP contribution in [0.4, 0.5) is 5.69 Å². The molecule has 3 rings (SSSR count). The second kappa shape index (κ2) is 7.32. The Morgan fingerprint density at radius 1 is 1.26 bits per heavy atom. The van der Waals surface area contributed by atoms with E-state index >= 15 is 0 Å². The third-order valence-electron chi connectivity index (χ3n) is 4.50. The predicted molar refractivity (Wildman–Crippen MR) is 97.5 cm³/mol. The highest BCUT2D eigenvalue weighted by Gasteiger charge is 2.21. The summed E-state index contributed by atoms with van der Waals surface area (Å²) in [5, 5.41) is 22.1. The number of hydrogen-bond acceptors (Lipinski definition) is 6. The van der Waals surface area contributed by atoms with Gasteiger partial charge in [-0.05, 0) is 53.6 Å². The van der Waals surface area contributed by atoms with Crippen LogP contribution in [0, 0.1) is 17.0 Å². The van der Waals surface area contributed by atoms with Crippen LogP contribution in [0.5, 0.6) is 0 Å². The van der Waals surface area contributed by atoms with Crippen molar-refractivity contribution in [1.82, 2.24) is 25.1 Å². The summed E-state index contributed by atoms with van der Waals surface area (Å²) in [6.45, 7) is 3.71. The van der Waals surface area contributed by atoms with E-state index in [1.807, 2.05) is 13.8 Å². The molecule has 0 saturated carbocycles. The SMILES string of the molecule is Cc1cc(C(=O)N(C)C(C)c2cccc([N+](=O)[O-])c2)ccc1-n1cnnn1. The summed E-state index contributed by atoms with van der Waals surface area (Å²) in [7, 11) is 1.68. The van der Waals surface area contributed by atoms with E-state index in [0.717, 1.165) is 11.3 Å². The number of benzene rings is 2. The van der Waals surface area contributed by atoms with E-state index in [2.05, 4.69) is 15.5 Å². The van der Waals surface area contributed by atoms with Crippen molar-refractivity contribution in [3.63, 3.8) is 0 Å². The third kappa shape index (κ3) is 3.66. The first-order valence-corrected chi connectivity index (χ1v) is 8.24. The van der Waals surface area contributed by atoms with Crippen molar-refractivity contribution in [3.05, 3.63) is 75.6 Å². The van der Waals surface area contributed by atoms with E-state index in [1.165, 1.54) is 23.1 Å². The number of tetrazole rings is 1. The number of aromatic nitrogens is 4. The van der Waals surface area contributed by atoms with E-state index in [1.54, 1.807) is 42.3 Å². The van der Waals surface area contributed by atoms with Gasteiger partial charge in [0, 0.05) is 24.7 Å². The fourth-order valence-electron chi connectivity index (χ4n) is 2.82. The molecular weight excluding hydrogens is 348 g/mol. The smallest absolute Gasteiger partial charge is 0.269 e. The Labute approximate surface area is 155 Å². The summed E-state index contributed by atoms with van der Waals surface area (Å²) < 4.78 is 1.53. The summed E-state index contributed by atoms with van der Waals surface area (Å²) in [6, 6.07) is 11.3. The lowest BCUT2D eigenvalue weighted by molar-refractivity contribution is -0.384. The maximum absolute atomic E-state index is 12.9. The average molecular weight is 366 g/mol. The number of carbonyl (C=O) groups is 1.